The average molecular weight is 300 g/mol. The zero-order valence-corrected chi connectivity index (χ0v) is 13.4. The van der Waals surface area contributed by atoms with Crippen LogP contribution in [0.2, 0.25) is 5.02 Å². The van der Waals surface area contributed by atoms with Gasteiger partial charge in [-0.15, -0.1) is 0 Å². The third-order valence-corrected chi connectivity index (χ3v) is 6.06. The summed E-state index contributed by atoms with van der Waals surface area (Å²) in [6, 6.07) is 7.73. The second kappa shape index (κ2) is 5.94. The lowest BCUT2D eigenvalue weighted by Gasteiger charge is -2.40. The van der Waals surface area contributed by atoms with Crippen molar-refractivity contribution in [1.29, 1.82) is 0 Å². The first kappa shape index (κ1) is 15.0. The first-order valence-electron chi connectivity index (χ1n) is 6.76. The first-order valence-corrected chi connectivity index (χ1v) is 8.35. The number of benzene rings is 1. The Morgan fingerprint density at radius 3 is 2.53 bits per heavy atom. The molecule has 1 N–H and O–H groups in total. The molecule has 1 aliphatic rings. The molecule has 1 saturated carbocycles. The maximum Gasteiger partial charge on any atom is 0.0576 e. The standard InChI is InChI=1S/C15H22ClNOS/c1-15(2)9-8-13(17-3)14(10-15)19(18)12-6-4-11(16)5-7-12/h4-7,13-14,17H,8-10H2,1-3H3. The van der Waals surface area contributed by atoms with Crippen molar-refractivity contribution >= 4 is 22.4 Å². The van der Waals surface area contributed by atoms with Crippen LogP contribution < -0.4 is 5.32 Å². The molecule has 1 fully saturated rings. The number of hydrogen-bond donors (Lipinski definition) is 1. The molecule has 1 aromatic carbocycles. The van der Waals surface area contributed by atoms with E-state index >= 15 is 0 Å². The molecule has 0 heterocycles. The number of hydrogen-bond acceptors (Lipinski definition) is 2. The average Bonchev–Trinajstić information content (AvgIpc) is 2.38. The van der Waals surface area contributed by atoms with Crippen molar-refractivity contribution in [3.05, 3.63) is 29.3 Å². The summed E-state index contributed by atoms with van der Waals surface area (Å²) in [5.74, 6) is 0. The number of nitrogens with one attached hydrogen (secondary N) is 1. The highest BCUT2D eigenvalue weighted by atomic mass is 35.5. The molecule has 0 aliphatic heterocycles. The van der Waals surface area contributed by atoms with E-state index in [0.717, 1.165) is 17.7 Å². The third-order valence-electron chi connectivity index (χ3n) is 4.03. The second-order valence-electron chi connectivity index (χ2n) is 6.09. The fourth-order valence-electron chi connectivity index (χ4n) is 2.82. The van der Waals surface area contributed by atoms with Gasteiger partial charge in [-0.3, -0.25) is 4.21 Å². The van der Waals surface area contributed by atoms with E-state index in [0.29, 0.717) is 11.1 Å². The molecule has 1 aromatic rings. The topological polar surface area (TPSA) is 29.1 Å². The van der Waals surface area contributed by atoms with E-state index in [2.05, 4.69) is 19.2 Å². The van der Waals surface area contributed by atoms with Gasteiger partial charge in [0, 0.05) is 16.0 Å². The number of halogens is 1. The summed E-state index contributed by atoms with van der Waals surface area (Å²) >= 11 is 5.89. The van der Waals surface area contributed by atoms with Gasteiger partial charge in [0.05, 0.1) is 16.0 Å². The van der Waals surface area contributed by atoms with E-state index in [1.807, 2.05) is 31.3 Å². The molecule has 0 spiro atoms. The molecule has 3 atom stereocenters. The summed E-state index contributed by atoms with van der Waals surface area (Å²) in [5, 5.41) is 4.20. The minimum Gasteiger partial charge on any atom is -0.316 e. The summed E-state index contributed by atoms with van der Waals surface area (Å²) in [6.07, 6.45) is 3.27. The summed E-state index contributed by atoms with van der Waals surface area (Å²) in [7, 11) is 0.991. The molecule has 2 rings (SSSR count). The van der Waals surface area contributed by atoms with Crippen LogP contribution in [-0.4, -0.2) is 22.5 Å². The molecular formula is C15H22ClNOS. The minimum absolute atomic E-state index is 0.176. The molecule has 3 unspecified atom stereocenters. The fourth-order valence-corrected chi connectivity index (χ4v) is 4.87. The van der Waals surface area contributed by atoms with Crippen molar-refractivity contribution in [3.63, 3.8) is 0 Å². The van der Waals surface area contributed by atoms with Gasteiger partial charge in [0.25, 0.3) is 0 Å². The highest BCUT2D eigenvalue weighted by Crippen LogP contribution is 2.38. The van der Waals surface area contributed by atoms with E-state index in [-0.39, 0.29) is 10.7 Å². The van der Waals surface area contributed by atoms with Crippen LogP contribution in [0.5, 0.6) is 0 Å². The first-order chi connectivity index (χ1) is 8.93. The summed E-state index contributed by atoms with van der Waals surface area (Å²) in [4.78, 5) is 0.882. The monoisotopic (exact) mass is 299 g/mol. The smallest absolute Gasteiger partial charge is 0.0576 e. The van der Waals surface area contributed by atoms with E-state index in [1.165, 1.54) is 6.42 Å². The van der Waals surface area contributed by atoms with Crippen molar-refractivity contribution in [1.82, 2.24) is 5.32 Å². The van der Waals surface area contributed by atoms with E-state index in [1.54, 1.807) is 0 Å². The van der Waals surface area contributed by atoms with Gasteiger partial charge in [0.2, 0.25) is 0 Å². The summed E-state index contributed by atoms with van der Waals surface area (Å²) < 4.78 is 12.8. The van der Waals surface area contributed by atoms with Crippen molar-refractivity contribution < 1.29 is 4.21 Å². The van der Waals surface area contributed by atoms with Crippen LogP contribution in [0.1, 0.15) is 33.1 Å². The molecule has 106 valence electrons. The number of rotatable bonds is 3. The Bertz CT molecular complexity index is 458. The maximum atomic E-state index is 12.8. The Morgan fingerprint density at radius 1 is 1.32 bits per heavy atom. The molecule has 0 amide bonds. The van der Waals surface area contributed by atoms with Crippen LogP contribution in [0.4, 0.5) is 0 Å². The van der Waals surface area contributed by atoms with Crippen LogP contribution in [0.3, 0.4) is 0 Å². The van der Waals surface area contributed by atoms with Crippen molar-refractivity contribution in [3.8, 4) is 0 Å². The lowest BCUT2D eigenvalue weighted by atomic mass is 9.75. The molecule has 0 bridgehead atoms. The van der Waals surface area contributed by atoms with Crippen molar-refractivity contribution in [2.45, 2.75) is 49.3 Å². The Balaban J connectivity index is 2.21. The Morgan fingerprint density at radius 2 is 1.95 bits per heavy atom. The second-order valence-corrected chi connectivity index (χ2v) is 8.20. The van der Waals surface area contributed by atoms with E-state index < -0.39 is 10.8 Å². The predicted molar refractivity (Wildman–Crippen MR) is 82.1 cm³/mol. The highest BCUT2D eigenvalue weighted by molar-refractivity contribution is 7.85. The molecule has 19 heavy (non-hydrogen) atoms. The van der Waals surface area contributed by atoms with Gasteiger partial charge in [-0.25, -0.2) is 0 Å². The molecule has 1 aliphatic carbocycles. The van der Waals surface area contributed by atoms with Crippen molar-refractivity contribution in [2.24, 2.45) is 5.41 Å². The van der Waals surface area contributed by atoms with E-state index in [4.69, 9.17) is 11.6 Å². The normalized spacial score (nSPS) is 28.0. The molecule has 2 nitrogen and oxygen atoms in total. The third kappa shape index (κ3) is 3.59. The molecule has 0 radical (unpaired) electrons. The van der Waals surface area contributed by atoms with Crippen LogP contribution in [0.25, 0.3) is 0 Å². The lowest BCUT2D eigenvalue weighted by molar-refractivity contribution is 0.216. The van der Waals surface area contributed by atoms with Gasteiger partial charge in [-0.1, -0.05) is 25.4 Å². The van der Waals surface area contributed by atoms with Gasteiger partial charge in [-0.2, -0.15) is 0 Å². The van der Waals surface area contributed by atoms with E-state index in [9.17, 15) is 4.21 Å². The fraction of sp³-hybridized carbons (Fsp3) is 0.600. The van der Waals surface area contributed by atoms with Crippen molar-refractivity contribution in [2.75, 3.05) is 7.05 Å². The van der Waals surface area contributed by atoms with Gasteiger partial charge < -0.3 is 5.32 Å². The zero-order chi connectivity index (χ0) is 14.0. The quantitative estimate of drug-likeness (QED) is 0.924. The lowest BCUT2D eigenvalue weighted by Crippen LogP contribution is -2.47. The molecule has 0 aromatic heterocycles. The minimum atomic E-state index is -0.976. The van der Waals surface area contributed by atoms with Crippen LogP contribution in [-0.2, 0) is 10.8 Å². The maximum absolute atomic E-state index is 12.8. The summed E-state index contributed by atoms with van der Waals surface area (Å²) in [6.45, 7) is 4.54. The van der Waals surface area contributed by atoms with Gasteiger partial charge in [0.15, 0.2) is 0 Å². The van der Waals surface area contributed by atoms with Gasteiger partial charge in [-0.05, 0) is 56.0 Å². The molecule has 0 saturated heterocycles. The highest BCUT2D eigenvalue weighted by Gasteiger charge is 2.37. The Hall–Kier alpha value is -0.380. The van der Waals surface area contributed by atoms with Gasteiger partial charge in [0.1, 0.15) is 0 Å². The summed E-state index contributed by atoms with van der Waals surface area (Å²) in [5.41, 5.74) is 0.278. The Kier molecular flexibility index (Phi) is 4.70. The van der Waals surface area contributed by atoms with Crippen LogP contribution >= 0.6 is 11.6 Å². The van der Waals surface area contributed by atoms with Crippen LogP contribution in [0.15, 0.2) is 29.2 Å². The zero-order valence-electron chi connectivity index (χ0n) is 11.8. The predicted octanol–water partition coefficient (Wildman–Crippen LogP) is 3.61. The Labute approximate surface area is 123 Å². The molecular weight excluding hydrogens is 278 g/mol. The largest absolute Gasteiger partial charge is 0.316 e. The van der Waals surface area contributed by atoms with Gasteiger partial charge >= 0.3 is 0 Å². The van der Waals surface area contributed by atoms with Crippen LogP contribution in [0, 0.1) is 5.41 Å². The molecule has 4 heteroatoms. The SMILES string of the molecule is CNC1CCC(C)(C)CC1S(=O)c1ccc(Cl)cc1.